The first-order chi connectivity index (χ1) is 9.16. The molecule has 3 heterocycles. The van der Waals surface area contributed by atoms with Crippen LogP contribution in [0.1, 0.15) is 12.8 Å². The molecule has 1 aromatic rings. The molecule has 0 radical (unpaired) electrons. The van der Waals surface area contributed by atoms with Crippen molar-refractivity contribution in [2.45, 2.75) is 25.0 Å². The minimum Gasteiger partial charge on any atom is -0.550 e. The van der Waals surface area contributed by atoms with E-state index >= 15 is 0 Å². The molecule has 1 N–H and O–H groups in total. The van der Waals surface area contributed by atoms with Gasteiger partial charge in [-0.2, -0.15) is 0 Å². The number of ether oxygens (including phenoxy) is 1. The summed E-state index contributed by atoms with van der Waals surface area (Å²) in [4.78, 5) is 27.3. The van der Waals surface area contributed by atoms with Crippen LogP contribution in [0, 0.1) is 11.8 Å². The van der Waals surface area contributed by atoms with Crippen LogP contribution in [0.4, 0.5) is 5.69 Å². The molecule has 2 saturated heterocycles. The third kappa shape index (κ3) is 2.08. The molecule has 0 unspecified atom stereocenters. The fraction of sp³-hybridized carbons (Fsp3) is 0.462. The van der Waals surface area contributed by atoms with Gasteiger partial charge in [-0.3, -0.25) is 9.78 Å². The van der Waals surface area contributed by atoms with E-state index in [1.165, 1.54) is 6.20 Å². The van der Waals surface area contributed by atoms with Gasteiger partial charge in [0, 0.05) is 18.1 Å². The Morgan fingerprint density at radius 3 is 2.68 bits per heavy atom. The van der Waals surface area contributed by atoms with Gasteiger partial charge in [-0.1, -0.05) is 0 Å². The topological polar surface area (TPSA) is 91.3 Å². The number of aromatic nitrogens is 1. The maximum Gasteiger partial charge on any atom is 0.230 e. The Bertz CT molecular complexity index is 505. The van der Waals surface area contributed by atoms with Crippen LogP contribution in [0.25, 0.3) is 0 Å². The van der Waals surface area contributed by atoms with Gasteiger partial charge in [-0.25, -0.2) is 0 Å². The van der Waals surface area contributed by atoms with E-state index in [0.29, 0.717) is 12.1 Å². The zero-order valence-electron chi connectivity index (χ0n) is 10.1. The number of hydrogen-bond acceptors (Lipinski definition) is 5. The third-order valence-electron chi connectivity index (χ3n) is 3.78. The van der Waals surface area contributed by atoms with Crippen LogP contribution in [-0.2, 0) is 14.3 Å². The van der Waals surface area contributed by atoms with Crippen LogP contribution in [0.3, 0.4) is 0 Å². The Morgan fingerprint density at radius 1 is 1.32 bits per heavy atom. The predicted octanol–water partition coefficient (Wildman–Crippen LogP) is -0.436. The number of nitrogens with one attached hydrogen (secondary N) is 1. The van der Waals surface area contributed by atoms with E-state index in [1.807, 2.05) is 0 Å². The summed E-state index contributed by atoms with van der Waals surface area (Å²) in [6.07, 6.45) is 3.81. The second-order valence-electron chi connectivity index (χ2n) is 4.89. The van der Waals surface area contributed by atoms with Crippen molar-refractivity contribution < 1.29 is 19.4 Å². The van der Waals surface area contributed by atoms with Gasteiger partial charge in [0.15, 0.2) is 0 Å². The van der Waals surface area contributed by atoms with Crippen LogP contribution in [0.2, 0.25) is 0 Å². The number of aliphatic carboxylic acids is 1. The molecule has 3 rings (SSSR count). The molecule has 19 heavy (non-hydrogen) atoms. The van der Waals surface area contributed by atoms with Gasteiger partial charge in [-0.15, -0.1) is 0 Å². The van der Waals surface area contributed by atoms with Crippen molar-refractivity contribution in [2.24, 2.45) is 11.8 Å². The quantitative estimate of drug-likeness (QED) is 0.796. The molecule has 2 bridgehead atoms. The Labute approximate surface area is 109 Å². The molecule has 1 aromatic heterocycles. The summed E-state index contributed by atoms with van der Waals surface area (Å²) in [5, 5.41) is 13.9. The molecule has 2 aliphatic heterocycles. The molecule has 0 spiro atoms. The van der Waals surface area contributed by atoms with E-state index in [2.05, 4.69) is 10.3 Å². The van der Waals surface area contributed by atoms with Crippen LogP contribution in [0.5, 0.6) is 0 Å². The van der Waals surface area contributed by atoms with Gasteiger partial charge >= 0.3 is 0 Å². The van der Waals surface area contributed by atoms with Crippen molar-refractivity contribution in [3.8, 4) is 0 Å². The summed E-state index contributed by atoms with van der Waals surface area (Å²) in [5.74, 6) is -3.08. The predicted molar refractivity (Wildman–Crippen MR) is 62.7 cm³/mol. The van der Waals surface area contributed by atoms with Crippen LogP contribution in [0.15, 0.2) is 24.5 Å². The lowest BCUT2D eigenvalue weighted by Gasteiger charge is -2.27. The van der Waals surface area contributed by atoms with Crippen molar-refractivity contribution in [3.05, 3.63) is 24.5 Å². The summed E-state index contributed by atoms with van der Waals surface area (Å²) >= 11 is 0. The zero-order chi connectivity index (χ0) is 13.4. The maximum absolute atomic E-state index is 12.2. The second-order valence-corrected chi connectivity index (χ2v) is 4.89. The van der Waals surface area contributed by atoms with E-state index in [-0.39, 0.29) is 18.1 Å². The number of carbonyl (C=O) groups is 2. The highest BCUT2D eigenvalue weighted by Crippen LogP contribution is 2.43. The molecule has 0 aliphatic carbocycles. The SMILES string of the molecule is O=C([O-])[C@@H]1[C@H](C(=O)Nc2cccnc2)[C@H]2CC[C@@H]1O2. The number of rotatable bonds is 3. The summed E-state index contributed by atoms with van der Waals surface area (Å²) in [6.45, 7) is 0. The standard InChI is InChI=1S/C13H14N2O4/c16-12(15-7-2-1-5-14-6-7)10-8-3-4-9(19-8)11(10)13(17)18/h1-2,5-6,8-11H,3-4H2,(H,15,16)(H,17,18)/p-1/t8-,9+,10-,11+/m1/s1. The number of nitrogens with zero attached hydrogens (tertiary/aromatic N) is 1. The monoisotopic (exact) mass is 261 g/mol. The van der Waals surface area contributed by atoms with E-state index in [9.17, 15) is 14.7 Å². The highest BCUT2D eigenvalue weighted by atomic mass is 16.5. The van der Waals surface area contributed by atoms with E-state index in [1.54, 1.807) is 18.3 Å². The number of amides is 1. The molecule has 1 amide bonds. The van der Waals surface area contributed by atoms with Gasteiger partial charge in [0.2, 0.25) is 5.91 Å². The van der Waals surface area contributed by atoms with Crippen LogP contribution in [-0.4, -0.2) is 29.1 Å². The number of fused-ring (bicyclic) bond motifs is 2. The molecule has 6 heteroatoms. The summed E-state index contributed by atoms with van der Waals surface area (Å²) in [7, 11) is 0. The summed E-state index contributed by atoms with van der Waals surface area (Å²) in [5.41, 5.74) is 0.548. The molecular formula is C13H13N2O4-. The zero-order valence-corrected chi connectivity index (χ0v) is 10.1. The Hall–Kier alpha value is -1.95. The Kier molecular flexibility index (Phi) is 2.94. The fourth-order valence-corrected chi connectivity index (χ4v) is 2.97. The van der Waals surface area contributed by atoms with Crippen LogP contribution < -0.4 is 10.4 Å². The molecule has 2 aliphatic rings. The van der Waals surface area contributed by atoms with Crippen molar-refractivity contribution in [1.29, 1.82) is 0 Å². The largest absolute Gasteiger partial charge is 0.550 e. The molecule has 4 atom stereocenters. The van der Waals surface area contributed by atoms with Crippen LogP contribution >= 0.6 is 0 Å². The first kappa shape index (κ1) is 12.1. The average Bonchev–Trinajstić information content (AvgIpc) is 2.99. The number of carboxylic acid groups (broad SMARTS) is 1. The fourth-order valence-electron chi connectivity index (χ4n) is 2.97. The maximum atomic E-state index is 12.2. The number of hydrogen-bond donors (Lipinski definition) is 1. The highest BCUT2D eigenvalue weighted by Gasteiger charge is 2.52. The lowest BCUT2D eigenvalue weighted by Crippen LogP contribution is -2.46. The van der Waals surface area contributed by atoms with Gasteiger partial charge in [-0.05, 0) is 25.0 Å². The molecule has 0 saturated carbocycles. The number of pyridine rings is 1. The first-order valence-corrected chi connectivity index (χ1v) is 6.24. The molecule has 0 aromatic carbocycles. The van der Waals surface area contributed by atoms with Crippen molar-refractivity contribution in [1.82, 2.24) is 4.98 Å². The minimum absolute atomic E-state index is 0.315. The Morgan fingerprint density at radius 2 is 2.05 bits per heavy atom. The lowest BCUT2D eigenvalue weighted by atomic mass is 9.78. The third-order valence-corrected chi connectivity index (χ3v) is 3.78. The molecule has 100 valence electrons. The van der Waals surface area contributed by atoms with Crippen molar-refractivity contribution in [3.63, 3.8) is 0 Å². The lowest BCUT2D eigenvalue weighted by molar-refractivity contribution is -0.313. The normalized spacial score (nSPS) is 32.2. The van der Waals surface area contributed by atoms with Crippen molar-refractivity contribution >= 4 is 17.6 Å². The van der Waals surface area contributed by atoms with Crippen molar-refractivity contribution in [2.75, 3.05) is 5.32 Å². The van der Waals surface area contributed by atoms with Gasteiger partial charge < -0.3 is 20.0 Å². The number of carbonyl (C=O) groups excluding carboxylic acids is 2. The average molecular weight is 261 g/mol. The molecule has 2 fully saturated rings. The number of anilines is 1. The first-order valence-electron chi connectivity index (χ1n) is 6.24. The molecular weight excluding hydrogens is 248 g/mol. The van der Waals surface area contributed by atoms with E-state index < -0.39 is 17.8 Å². The summed E-state index contributed by atoms with van der Waals surface area (Å²) < 4.78 is 5.52. The van der Waals surface area contributed by atoms with Gasteiger partial charge in [0.05, 0.1) is 30.0 Å². The second kappa shape index (κ2) is 4.62. The van der Waals surface area contributed by atoms with E-state index in [0.717, 1.165) is 6.42 Å². The minimum atomic E-state index is -1.21. The Balaban J connectivity index is 1.77. The van der Waals surface area contributed by atoms with E-state index in [4.69, 9.17) is 4.74 Å². The van der Waals surface area contributed by atoms with Gasteiger partial charge in [0.25, 0.3) is 0 Å². The molecule has 6 nitrogen and oxygen atoms in total. The van der Waals surface area contributed by atoms with Gasteiger partial charge in [0.1, 0.15) is 0 Å². The smallest absolute Gasteiger partial charge is 0.230 e. The highest BCUT2D eigenvalue weighted by molar-refractivity contribution is 5.95. The summed E-state index contributed by atoms with van der Waals surface area (Å²) in [6, 6.07) is 3.40. The number of carboxylic acids is 1.